The molecular weight excluding hydrogens is 462 g/mol. The predicted octanol–water partition coefficient (Wildman–Crippen LogP) is 3.91. The average molecular weight is 494 g/mol. The molecule has 190 valence electrons. The lowest BCUT2D eigenvalue weighted by Crippen LogP contribution is -2.48. The minimum atomic E-state index is -0.761. The van der Waals surface area contributed by atoms with Crippen molar-refractivity contribution in [2.45, 2.75) is 45.2 Å². The number of rotatable bonds is 7. The summed E-state index contributed by atoms with van der Waals surface area (Å²) in [7, 11) is 0. The van der Waals surface area contributed by atoms with Crippen LogP contribution in [0.3, 0.4) is 0 Å². The SMILES string of the molecule is CCCOc1ccc(/C(O)=C2\C(=O)C(=O)N(C3CCN(C(=O)OCC)CC3)C2c2ccncc2)cc1. The van der Waals surface area contributed by atoms with E-state index >= 15 is 0 Å². The van der Waals surface area contributed by atoms with Gasteiger partial charge in [0.15, 0.2) is 0 Å². The molecule has 2 aliphatic rings. The number of nitrogens with zero attached hydrogens (tertiary/aromatic N) is 3. The van der Waals surface area contributed by atoms with Gasteiger partial charge in [-0.05, 0) is 68.1 Å². The number of aromatic nitrogens is 1. The second kappa shape index (κ2) is 11.2. The van der Waals surface area contributed by atoms with E-state index < -0.39 is 17.7 Å². The summed E-state index contributed by atoms with van der Waals surface area (Å²) in [6.07, 6.45) is 4.68. The topological polar surface area (TPSA) is 109 Å². The fraction of sp³-hybridized carbons (Fsp3) is 0.407. The number of ketones is 1. The average Bonchev–Trinajstić information content (AvgIpc) is 3.18. The summed E-state index contributed by atoms with van der Waals surface area (Å²) in [5.74, 6) is -0.958. The molecule has 2 aromatic rings. The zero-order chi connectivity index (χ0) is 25.7. The number of likely N-dealkylation sites (tertiary alicyclic amines) is 2. The van der Waals surface area contributed by atoms with Crippen molar-refractivity contribution in [2.24, 2.45) is 0 Å². The second-order valence-electron chi connectivity index (χ2n) is 8.78. The second-order valence-corrected chi connectivity index (χ2v) is 8.78. The van der Waals surface area contributed by atoms with E-state index in [-0.39, 0.29) is 23.5 Å². The number of pyridine rings is 1. The number of carbonyl (C=O) groups excluding carboxylic acids is 3. The summed E-state index contributed by atoms with van der Waals surface area (Å²) >= 11 is 0. The molecule has 9 nitrogen and oxygen atoms in total. The monoisotopic (exact) mass is 493 g/mol. The standard InChI is InChI=1S/C27H31N3O6/c1-3-17-36-21-7-5-19(6-8-21)24(31)22-23(18-9-13-28-14-10-18)30(26(33)25(22)32)20-11-15-29(16-12-20)27(34)35-4-2/h5-10,13-14,20,23,31H,3-4,11-12,15-17H2,1-2H3/b24-22+. The lowest BCUT2D eigenvalue weighted by Gasteiger charge is -2.38. The Morgan fingerprint density at radius 3 is 2.33 bits per heavy atom. The summed E-state index contributed by atoms with van der Waals surface area (Å²) in [6, 6.07) is 9.26. The molecule has 1 N–H and O–H groups in total. The minimum absolute atomic E-state index is 0.0428. The lowest BCUT2D eigenvalue weighted by molar-refractivity contribution is -0.142. The minimum Gasteiger partial charge on any atom is -0.507 e. The van der Waals surface area contributed by atoms with Gasteiger partial charge in [0.2, 0.25) is 0 Å². The number of hydrogen-bond acceptors (Lipinski definition) is 7. The summed E-state index contributed by atoms with van der Waals surface area (Å²) in [5, 5.41) is 11.3. The van der Waals surface area contributed by atoms with Gasteiger partial charge in [-0.3, -0.25) is 14.6 Å². The summed E-state index contributed by atoms with van der Waals surface area (Å²) in [6.45, 7) is 5.46. The Bertz CT molecular complexity index is 1120. The molecule has 1 aromatic carbocycles. The van der Waals surface area contributed by atoms with Gasteiger partial charge in [-0.25, -0.2) is 4.79 Å². The number of piperidine rings is 1. The van der Waals surface area contributed by atoms with Gasteiger partial charge in [0.25, 0.3) is 11.7 Å². The van der Waals surface area contributed by atoms with Gasteiger partial charge in [-0.2, -0.15) is 0 Å². The maximum Gasteiger partial charge on any atom is 0.409 e. The smallest absolute Gasteiger partial charge is 0.409 e. The van der Waals surface area contributed by atoms with Crippen LogP contribution in [-0.4, -0.2) is 70.0 Å². The number of ether oxygens (including phenoxy) is 2. The van der Waals surface area contributed by atoms with E-state index in [1.54, 1.807) is 65.5 Å². The van der Waals surface area contributed by atoms with Gasteiger partial charge in [-0.15, -0.1) is 0 Å². The Hall–Kier alpha value is -3.88. The Morgan fingerprint density at radius 1 is 1.06 bits per heavy atom. The van der Waals surface area contributed by atoms with Crippen molar-refractivity contribution < 1.29 is 29.0 Å². The van der Waals surface area contributed by atoms with E-state index in [1.807, 2.05) is 6.92 Å². The molecule has 0 saturated carbocycles. The Morgan fingerprint density at radius 2 is 1.72 bits per heavy atom. The van der Waals surface area contributed by atoms with Gasteiger partial charge in [-0.1, -0.05) is 6.92 Å². The van der Waals surface area contributed by atoms with Gasteiger partial charge in [0.1, 0.15) is 11.5 Å². The normalized spacial score (nSPS) is 20.0. The van der Waals surface area contributed by atoms with Crippen LogP contribution in [0.4, 0.5) is 4.79 Å². The van der Waals surface area contributed by atoms with Gasteiger partial charge < -0.3 is 24.4 Å². The van der Waals surface area contributed by atoms with Crippen molar-refractivity contribution in [3.05, 3.63) is 65.5 Å². The summed E-state index contributed by atoms with van der Waals surface area (Å²) < 4.78 is 10.7. The van der Waals surface area contributed by atoms with Crippen LogP contribution in [0.5, 0.6) is 5.75 Å². The first-order valence-electron chi connectivity index (χ1n) is 12.3. The van der Waals surface area contributed by atoms with E-state index in [9.17, 15) is 19.5 Å². The highest BCUT2D eigenvalue weighted by Crippen LogP contribution is 2.42. The van der Waals surface area contributed by atoms with Crippen molar-refractivity contribution in [3.8, 4) is 5.75 Å². The molecule has 2 saturated heterocycles. The first-order chi connectivity index (χ1) is 17.5. The van der Waals surface area contributed by atoms with Crippen LogP contribution in [0.15, 0.2) is 54.4 Å². The maximum atomic E-state index is 13.3. The van der Waals surface area contributed by atoms with Crippen molar-refractivity contribution in [1.82, 2.24) is 14.8 Å². The van der Waals surface area contributed by atoms with Crippen LogP contribution in [0.25, 0.3) is 5.76 Å². The van der Waals surface area contributed by atoms with Crippen LogP contribution >= 0.6 is 0 Å². The fourth-order valence-corrected chi connectivity index (χ4v) is 4.73. The molecule has 0 bridgehead atoms. The van der Waals surface area contributed by atoms with Crippen LogP contribution in [0, 0.1) is 0 Å². The Kier molecular flexibility index (Phi) is 7.87. The molecule has 1 atom stereocenters. The number of carbonyl (C=O) groups is 3. The predicted molar refractivity (Wildman–Crippen MR) is 132 cm³/mol. The molecule has 9 heteroatoms. The van der Waals surface area contributed by atoms with E-state index in [0.717, 1.165) is 6.42 Å². The van der Waals surface area contributed by atoms with E-state index in [1.165, 1.54) is 0 Å². The molecular formula is C27H31N3O6. The number of hydrogen-bond donors (Lipinski definition) is 1. The fourth-order valence-electron chi connectivity index (χ4n) is 4.73. The van der Waals surface area contributed by atoms with Crippen molar-refractivity contribution in [2.75, 3.05) is 26.3 Å². The third-order valence-corrected chi connectivity index (χ3v) is 6.49. The lowest BCUT2D eigenvalue weighted by atomic mass is 9.94. The quantitative estimate of drug-likeness (QED) is 0.354. The first kappa shape index (κ1) is 25.2. The first-order valence-corrected chi connectivity index (χ1v) is 12.3. The Balaban J connectivity index is 1.67. The Labute approximate surface area is 210 Å². The zero-order valence-electron chi connectivity index (χ0n) is 20.6. The third-order valence-electron chi connectivity index (χ3n) is 6.49. The van der Waals surface area contributed by atoms with Crippen LogP contribution < -0.4 is 4.74 Å². The highest BCUT2D eigenvalue weighted by molar-refractivity contribution is 6.46. The third kappa shape index (κ3) is 5.05. The van der Waals surface area contributed by atoms with Gasteiger partial charge >= 0.3 is 6.09 Å². The molecule has 1 aromatic heterocycles. The van der Waals surface area contributed by atoms with Gasteiger partial charge in [0, 0.05) is 37.1 Å². The molecule has 2 amide bonds. The zero-order valence-corrected chi connectivity index (χ0v) is 20.6. The van der Waals surface area contributed by atoms with Crippen molar-refractivity contribution >= 4 is 23.5 Å². The molecule has 0 spiro atoms. The van der Waals surface area contributed by atoms with Gasteiger partial charge in [0.05, 0.1) is 24.8 Å². The van der Waals surface area contributed by atoms with Crippen LogP contribution in [-0.2, 0) is 14.3 Å². The number of amides is 2. The van der Waals surface area contributed by atoms with E-state index in [2.05, 4.69) is 4.98 Å². The maximum absolute atomic E-state index is 13.3. The number of aliphatic hydroxyl groups is 1. The highest BCUT2D eigenvalue weighted by atomic mass is 16.6. The largest absolute Gasteiger partial charge is 0.507 e. The summed E-state index contributed by atoms with van der Waals surface area (Å²) in [4.78, 5) is 46.0. The number of aliphatic hydroxyl groups excluding tert-OH is 1. The molecule has 0 aliphatic carbocycles. The molecule has 3 heterocycles. The van der Waals surface area contributed by atoms with Crippen LogP contribution in [0.2, 0.25) is 0 Å². The van der Waals surface area contributed by atoms with E-state index in [0.29, 0.717) is 56.0 Å². The number of Topliss-reactive ketones (excluding diaryl/α,β-unsaturated/α-hetero) is 1. The molecule has 2 fully saturated rings. The number of benzene rings is 1. The molecule has 4 rings (SSSR count). The summed E-state index contributed by atoms with van der Waals surface area (Å²) in [5.41, 5.74) is 1.15. The van der Waals surface area contributed by atoms with E-state index in [4.69, 9.17) is 9.47 Å². The molecule has 2 aliphatic heterocycles. The highest BCUT2D eigenvalue weighted by Gasteiger charge is 2.49. The molecule has 36 heavy (non-hydrogen) atoms. The van der Waals surface area contributed by atoms with Crippen LogP contribution in [0.1, 0.15) is 50.3 Å². The molecule has 0 radical (unpaired) electrons. The van der Waals surface area contributed by atoms with Crippen molar-refractivity contribution in [1.29, 1.82) is 0 Å². The molecule has 1 unspecified atom stereocenters. The van der Waals surface area contributed by atoms with Crippen molar-refractivity contribution in [3.63, 3.8) is 0 Å².